The van der Waals surface area contributed by atoms with Crippen LogP contribution in [0.2, 0.25) is 0 Å². The quantitative estimate of drug-likeness (QED) is 0.789. The van der Waals surface area contributed by atoms with E-state index in [1.807, 2.05) is 31.2 Å². The van der Waals surface area contributed by atoms with Crippen molar-refractivity contribution in [3.8, 4) is 11.8 Å². The number of nitrogens with zero attached hydrogens (tertiary/aromatic N) is 1. The zero-order chi connectivity index (χ0) is 10.4. The van der Waals surface area contributed by atoms with E-state index in [4.69, 9.17) is 15.7 Å². The van der Waals surface area contributed by atoms with Crippen LogP contribution in [0.5, 0.6) is 5.75 Å². The third-order valence-electron chi connectivity index (χ3n) is 1.93. The van der Waals surface area contributed by atoms with E-state index in [0.717, 1.165) is 11.3 Å². The Hall–Kier alpha value is -1.53. The Kier molecular flexibility index (Phi) is 3.96. The van der Waals surface area contributed by atoms with Gasteiger partial charge in [0.2, 0.25) is 0 Å². The van der Waals surface area contributed by atoms with Crippen molar-refractivity contribution >= 4 is 0 Å². The lowest BCUT2D eigenvalue weighted by molar-refractivity contribution is 0.334. The Balaban J connectivity index is 2.89. The topological polar surface area (TPSA) is 59.0 Å². The van der Waals surface area contributed by atoms with Gasteiger partial charge >= 0.3 is 0 Å². The molecule has 0 aliphatic rings. The molecule has 0 saturated heterocycles. The summed E-state index contributed by atoms with van der Waals surface area (Å²) in [7, 11) is 0. The molecular formula is C11H14N2O. The van der Waals surface area contributed by atoms with Crippen molar-refractivity contribution in [2.75, 3.05) is 6.61 Å². The molecule has 1 atom stereocenters. The molecule has 0 spiro atoms. The predicted molar refractivity (Wildman–Crippen MR) is 54.8 cm³/mol. The summed E-state index contributed by atoms with van der Waals surface area (Å²) in [5, 5.41) is 8.55. The van der Waals surface area contributed by atoms with Crippen molar-refractivity contribution in [1.82, 2.24) is 0 Å². The number of rotatable bonds is 4. The second kappa shape index (κ2) is 5.25. The Labute approximate surface area is 84.1 Å². The smallest absolute Gasteiger partial charge is 0.124 e. The highest BCUT2D eigenvalue weighted by atomic mass is 16.5. The molecule has 74 valence electrons. The molecule has 0 saturated carbocycles. The van der Waals surface area contributed by atoms with Gasteiger partial charge in [0, 0.05) is 11.6 Å². The predicted octanol–water partition coefficient (Wildman–Crippen LogP) is 2.00. The van der Waals surface area contributed by atoms with Gasteiger partial charge in [-0.15, -0.1) is 0 Å². The van der Waals surface area contributed by atoms with Gasteiger partial charge in [-0.25, -0.2) is 0 Å². The van der Waals surface area contributed by atoms with Crippen molar-refractivity contribution in [3.05, 3.63) is 29.8 Å². The number of nitrogens with two attached hydrogens (primary N) is 1. The summed E-state index contributed by atoms with van der Waals surface area (Å²) in [6, 6.07) is 9.35. The number of para-hydroxylation sites is 1. The first kappa shape index (κ1) is 10.6. The van der Waals surface area contributed by atoms with Crippen molar-refractivity contribution < 1.29 is 4.74 Å². The fraction of sp³-hybridized carbons (Fsp3) is 0.364. The van der Waals surface area contributed by atoms with Crippen molar-refractivity contribution in [1.29, 1.82) is 5.26 Å². The number of nitriles is 1. The van der Waals surface area contributed by atoms with Gasteiger partial charge < -0.3 is 10.5 Å². The fourth-order valence-electron chi connectivity index (χ4n) is 1.28. The molecule has 0 heterocycles. The number of hydrogen-bond acceptors (Lipinski definition) is 3. The van der Waals surface area contributed by atoms with Gasteiger partial charge in [-0.2, -0.15) is 5.26 Å². The minimum atomic E-state index is -0.261. The first-order chi connectivity index (χ1) is 6.79. The largest absolute Gasteiger partial charge is 0.494 e. The molecule has 0 amide bonds. The lowest BCUT2D eigenvalue weighted by atomic mass is 10.0. The molecule has 14 heavy (non-hydrogen) atoms. The third-order valence-corrected chi connectivity index (χ3v) is 1.93. The minimum Gasteiger partial charge on any atom is -0.494 e. The average Bonchev–Trinajstić information content (AvgIpc) is 2.19. The van der Waals surface area contributed by atoms with E-state index >= 15 is 0 Å². The molecule has 0 aliphatic carbocycles. The van der Waals surface area contributed by atoms with Crippen LogP contribution in [0, 0.1) is 11.3 Å². The summed E-state index contributed by atoms with van der Waals surface area (Å²) < 4.78 is 5.42. The molecule has 1 rings (SSSR count). The molecule has 1 aromatic carbocycles. The van der Waals surface area contributed by atoms with Crippen molar-refractivity contribution in [2.45, 2.75) is 19.4 Å². The SMILES string of the molecule is CCOc1ccccc1[C@H](N)CC#N. The molecule has 0 fully saturated rings. The molecule has 3 heteroatoms. The number of ether oxygens (including phenoxy) is 1. The summed E-state index contributed by atoms with van der Waals surface area (Å²) in [5.74, 6) is 0.776. The van der Waals surface area contributed by atoms with Crippen LogP contribution in [0.25, 0.3) is 0 Å². The zero-order valence-electron chi connectivity index (χ0n) is 8.23. The van der Waals surface area contributed by atoms with Crippen LogP contribution in [0.15, 0.2) is 24.3 Å². The van der Waals surface area contributed by atoms with E-state index in [-0.39, 0.29) is 6.04 Å². The first-order valence-electron chi connectivity index (χ1n) is 4.63. The summed E-state index contributed by atoms with van der Waals surface area (Å²) in [6.45, 7) is 2.53. The second-order valence-electron chi connectivity index (χ2n) is 2.94. The first-order valence-corrected chi connectivity index (χ1v) is 4.63. The maximum Gasteiger partial charge on any atom is 0.124 e. The normalized spacial score (nSPS) is 11.8. The summed E-state index contributed by atoms with van der Waals surface area (Å²) in [6.07, 6.45) is 0.310. The van der Waals surface area contributed by atoms with Crippen LogP contribution in [0.1, 0.15) is 24.9 Å². The van der Waals surface area contributed by atoms with Gasteiger partial charge in [-0.1, -0.05) is 18.2 Å². The van der Waals surface area contributed by atoms with Crippen LogP contribution in [0.3, 0.4) is 0 Å². The second-order valence-corrected chi connectivity index (χ2v) is 2.94. The Morgan fingerprint density at radius 1 is 1.50 bits per heavy atom. The van der Waals surface area contributed by atoms with Crippen LogP contribution >= 0.6 is 0 Å². The van der Waals surface area contributed by atoms with E-state index < -0.39 is 0 Å². The van der Waals surface area contributed by atoms with E-state index in [0.29, 0.717) is 13.0 Å². The Morgan fingerprint density at radius 2 is 2.21 bits per heavy atom. The van der Waals surface area contributed by atoms with Crippen LogP contribution < -0.4 is 10.5 Å². The van der Waals surface area contributed by atoms with Crippen molar-refractivity contribution in [2.24, 2.45) is 5.73 Å². The fourth-order valence-corrected chi connectivity index (χ4v) is 1.28. The highest BCUT2D eigenvalue weighted by Crippen LogP contribution is 2.24. The van der Waals surface area contributed by atoms with Gasteiger partial charge in [0.05, 0.1) is 19.1 Å². The lowest BCUT2D eigenvalue weighted by Gasteiger charge is -2.13. The molecule has 0 aliphatic heterocycles. The maximum atomic E-state index is 8.55. The molecular weight excluding hydrogens is 176 g/mol. The van der Waals surface area contributed by atoms with Crippen molar-refractivity contribution in [3.63, 3.8) is 0 Å². The molecule has 1 aromatic rings. The maximum absolute atomic E-state index is 8.55. The van der Waals surface area contributed by atoms with E-state index in [2.05, 4.69) is 6.07 Å². The van der Waals surface area contributed by atoms with Gasteiger partial charge in [-0.3, -0.25) is 0 Å². The molecule has 0 unspecified atom stereocenters. The van der Waals surface area contributed by atoms with E-state index in [1.165, 1.54) is 0 Å². The summed E-state index contributed by atoms with van der Waals surface area (Å²) in [4.78, 5) is 0. The summed E-state index contributed by atoms with van der Waals surface area (Å²) in [5.41, 5.74) is 6.73. The van der Waals surface area contributed by atoms with E-state index in [9.17, 15) is 0 Å². The van der Waals surface area contributed by atoms with Crippen LogP contribution in [0.4, 0.5) is 0 Å². The third kappa shape index (κ3) is 2.48. The zero-order valence-corrected chi connectivity index (χ0v) is 8.23. The lowest BCUT2D eigenvalue weighted by Crippen LogP contribution is -2.11. The van der Waals surface area contributed by atoms with Gasteiger partial charge in [0.15, 0.2) is 0 Å². The number of benzene rings is 1. The van der Waals surface area contributed by atoms with Crippen LogP contribution in [-0.4, -0.2) is 6.61 Å². The van der Waals surface area contributed by atoms with E-state index in [1.54, 1.807) is 0 Å². The highest BCUT2D eigenvalue weighted by molar-refractivity contribution is 5.36. The molecule has 3 nitrogen and oxygen atoms in total. The molecule has 0 radical (unpaired) electrons. The molecule has 2 N–H and O–H groups in total. The van der Waals surface area contributed by atoms with Gasteiger partial charge in [-0.05, 0) is 13.0 Å². The Bertz CT molecular complexity index is 330. The monoisotopic (exact) mass is 190 g/mol. The molecule has 0 bridgehead atoms. The van der Waals surface area contributed by atoms with Gasteiger partial charge in [0.1, 0.15) is 5.75 Å². The minimum absolute atomic E-state index is 0.261. The average molecular weight is 190 g/mol. The highest BCUT2D eigenvalue weighted by Gasteiger charge is 2.10. The number of hydrogen-bond donors (Lipinski definition) is 1. The molecule has 0 aromatic heterocycles. The van der Waals surface area contributed by atoms with Gasteiger partial charge in [0.25, 0.3) is 0 Å². The summed E-state index contributed by atoms with van der Waals surface area (Å²) >= 11 is 0. The standard InChI is InChI=1S/C11H14N2O/c1-2-14-11-6-4-3-5-9(11)10(13)7-8-12/h3-6,10H,2,7,13H2,1H3/t10-/m1/s1. The Morgan fingerprint density at radius 3 is 2.86 bits per heavy atom. The van der Waals surface area contributed by atoms with Crippen LogP contribution in [-0.2, 0) is 0 Å².